The van der Waals surface area contributed by atoms with Crippen LogP contribution in [0.1, 0.15) is 44.1 Å². The molecule has 4 atom stereocenters. The third-order valence-electron chi connectivity index (χ3n) is 6.42. The van der Waals surface area contributed by atoms with E-state index < -0.39 is 30.3 Å². The van der Waals surface area contributed by atoms with E-state index in [1.54, 1.807) is 60.6 Å². The van der Waals surface area contributed by atoms with Crippen LogP contribution in [0.2, 0.25) is 5.02 Å². The molecule has 9 heteroatoms. The highest BCUT2D eigenvalue weighted by Crippen LogP contribution is 2.35. The highest BCUT2D eigenvalue weighted by atomic mass is 35.5. The number of ether oxygens (including phenoxy) is 3. The topological polar surface area (TPSA) is 88.5 Å². The van der Waals surface area contributed by atoms with E-state index in [1.807, 2.05) is 51.1 Å². The van der Waals surface area contributed by atoms with Crippen molar-refractivity contribution in [3.05, 3.63) is 95.0 Å². The number of cyclic esters (lactones) is 1. The lowest BCUT2D eigenvalue weighted by Gasteiger charge is -2.47. The van der Waals surface area contributed by atoms with Gasteiger partial charge in [-0.05, 0) is 68.3 Å². The van der Waals surface area contributed by atoms with Crippen LogP contribution in [0.3, 0.4) is 0 Å². The molecule has 0 radical (unpaired) electrons. The van der Waals surface area contributed by atoms with Crippen molar-refractivity contribution in [1.82, 2.24) is 10.0 Å². The van der Waals surface area contributed by atoms with Gasteiger partial charge >= 0.3 is 6.09 Å². The molecule has 38 heavy (non-hydrogen) atoms. The van der Waals surface area contributed by atoms with E-state index in [-0.39, 0.29) is 12.1 Å². The third-order valence-corrected chi connectivity index (χ3v) is 6.67. The summed E-state index contributed by atoms with van der Waals surface area (Å²) in [5.74, 6) is 0.152. The first-order chi connectivity index (χ1) is 18.2. The molecule has 4 rings (SSSR count). The van der Waals surface area contributed by atoms with Crippen molar-refractivity contribution in [3.63, 3.8) is 0 Å². The van der Waals surface area contributed by atoms with Crippen molar-refractivity contribution in [1.29, 1.82) is 0 Å². The number of hydrazine groups is 1. The summed E-state index contributed by atoms with van der Waals surface area (Å²) in [6.45, 7) is 5.65. The monoisotopic (exact) mass is 538 g/mol. The van der Waals surface area contributed by atoms with Crippen LogP contribution in [0, 0.1) is 0 Å². The van der Waals surface area contributed by atoms with Crippen molar-refractivity contribution in [2.45, 2.75) is 51.2 Å². The molecule has 1 aliphatic rings. The van der Waals surface area contributed by atoms with Crippen LogP contribution in [0.4, 0.5) is 4.79 Å². The summed E-state index contributed by atoms with van der Waals surface area (Å²) < 4.78 is 17.0. The zero-order valence-electron chi connectivity index (χ0n) is 21.7. The van der Waals surface area contributed by atoms with Crippen molar-refractivity contribution in [3.8, 4) is 11.5 Å². The van der Waals surface area contributed by atoms with E-state index in [0.717, 1.165) is 10.6 Å². The molecule has 0 aliphatic carbocycles. The molecule has 0 unspecified atom stereocenters. The highest BCUT2D eigenvalue weighted by molar-refractivity contribution is 6.30. The minimum Gasteiger partial charge on any atom is -0.497 e. The molecular weight excluding hydrogens is 508 g/mol. The van der Waals surface area contributed by atoms with E-state index in [4.69, 9.17) is 25.8 Å². The minimum absolute atomic E-state index is 0.248. The summed E-state index contributed by atoms with van der Waals surface area (Å²) in [7, 11) is 1.54. The number of methoxy groups -OCH3 is 1. The molecule has 3 aromatic carbocycles. The molecule has 2 amide bonds. The SMILES string of the molecule is COc1ccc(O[C@H](C(=O)N2C(=O)O[C@H](c3ccccc3)[C@H](C)N2C(C)C)[C@H](O)c2ccc(Cl)cc2)cc1. The maximum atomic E-state index is 14.1. The molecule has 200 valence electrons. The average molecular weight is 539 g/mol. The van der Waals surface area contributed by atoms with Crippen molar-refractivity contribution >= 4 is 23.6 Å². The van der Waals surface area contributed by atoms with Gasteiger partial charge in [0.15, 0.2) is 0 Å². The smallest absolute Gasteiger partial charge is 0.432 e. The number of carbonyl (C=O) groups excluding carboxylic acids is 2. The number of benzene rings is 3. The van der Waals surface area contributed by atoms with E-state index in [1.165, 1.54) is 0 Å². The molecule has 1 saturated heterocycles. The predicted molar refractivity (Wildman–Crippen MR) is 143 cm³/mol. The summed E-state index contributed by atoms with van der Waals surface area (Å²) in [6, 6.07) is 21.8. The summed E-state index contributed by atoms with van der Waals surface area (Å²) in [5.41, 5.74) is 1.22. The zero-order valence-corrected chi connectivity index (χ0v) is 22.4. The van der Waals surface area contributed by atoms with Gasteiger partial charge in [0, 0.05) is 11.1 Å². The quantitative estimate of drug-likeness (QED) is 0.401. The predicted octanol–water partition coefficient (Wildman–Crippen LogP) is 5.56. The van der Waals surface area contributed by atoms with Gasteiger partial charge in [-0.3, -0.25) is 4.79 Å². The first-order valence-corrected chi connectivity index (χ1v) is 12.7. The van der Waals surface area contributed by atoms with Crippen LogP contribution in [0.5, 0.6) is 11.5 Å². The van der Waals surface area contributed by atoms with Gasteiger partial charge in [0.1, 0.15) is 23.7 Å². The highest BCUT2D eigenvalue weighted by Gasteiger charge is 2.48. The Labute approximate surface area is 227 Å². The normalized spacial score (nSPS) is 19.6. The fourth-order valence-electron chi connectivity index (χ4n) is 4.57. The molecule has 1 N–H and O–H groups in total. The molecule has 0 spiro atoms. The van der Waals surface area contributed by atoms with Gasteiger partial charge in [-0.2, -0.15) is 10.0 Å². The van der Waals surface area contributed by atoms with Crippen LogP contribution in [-0.4, -0.2) is 52.4 Å². The van der Waals surface area contributed by atoms with Crippen molar-refractivity contribution in [2.75, 3.05) is 7.11 Å². The van der Waals surface area contributed by atoms with Gasteiger partial charge in [-0.1, -0.05) is 54.1 Å². The largest absolute Gasteiger partial charge is 0.497 e. The Morgan fingerprint density at radius 3 is 2.16 bits per heavy atom. The van der Waals surface area contributed by atoms with Crippen LogP contribution in [0.25, 0.3) is 0 Å². The number of carbonyl (C=O) groups is 2. The number of rotatable bonds is 8. The van der Waals surface area contributed by atoms with Gasteiger partial charge < -0.3 is 19.3 Å². The van der Waals surface area contributed by atoms with Crippen LogP contribution in [-0.2, 0) is 9.53 Å². The summed E-state index contributed by atoms with van der Waals surface area (Å²) >= 11 is 6.02. The molecule has 0 bridgehead atoms. The van der Waals surface area contributed by atoms with Gasteiger partial charge in [0.25, 0.3) is 5.91 Å². The van der Waals surface area contributed by atoms with Crippen molar-refractivity contribution < 1.29 is 28.9 Å². The molecular formula is C29H31ClN2O6. The minimum atomic E-state index is -1.47. The Morgan fingerprint density at radius 2 is 1.58 bits per heavy atom. The number of imide groups is 1. The number of hydrogen-bond donors (Lipinski definition) is 1. The lowest BCUT2D eigenvalue weighted by Crippen LogP contribution is -2.64. The Hall–Kier alpha value is -3.59. The van der Waals surface area contributed by atoms with Crippen LogP contribution >= 0.6 is 11.6 Å². The van der Waals surface area contributed by atoms with Crippen LogP contribution < -0.4 is 9.47 Å². The van der Waals surface area contributed by atoms with Gasteiger partial charge in [0.05, 0.1) is 13.2 Å². The van der Waals surface area contributed by atoms with Gasteiger partial charge in [0.2, 0.25) is 6.10 Å². The molecule has 0 aromatic heterocycles. The molecule has 0 saturated carbocycles. The molecule has 1 aliphatic heterocycles. The Balaban J connectivity index is 1.70. The lowest BCUT2D eigenvalue weighted by atomic mass is 10.0. The summed E-state index contributed by atoms with van der Waals surface area (Å²) in [4.78, 5) is 27.5. The third kappa shape index (κ3) is 5.78. The number of hydrogen-bond acceptors (Lipinski definition) is 7. The van der Waals surface area contributed by atoms with E-state index in [2.05, 4.69) is 0 Å². The molecule has 3 aromatic rings. The number of halogens is 1. The fourth-order valence-corrected chi connectivity index (χ4v) is 4.70. The van der Waals surface area contributed by atoms with E-state index >= 15 is 0 Å². The first-order valence-electron chi connectivity index (χ1n) is 12.3. The van der Waals surface area contributed by atoms with Gasteiger partial charge in [-0.25, -0.2) is 4.79 Å². The Kier molecular flexibility index (Phi) is 8.56. The lowest BCUT2D eigenvalue weighted by molar-refractivity contribution is -0.185. The second kappa shape index (κ2) is 11.9. The Morgan fingerprint density at radius 1 is 0.974 bits per heavy atom. The average Bonchev–Trinajstić information content (AvgIpc) is 2.92. The van der Waals surface area contributed by atoms with E-state index in [9.17, 15) is 14.7 Å². The second-order valence-electron chi connectivity index (χ2n) is 9.29. The molecule has 1 fully saturated rings. The fraction of sp³-hybridized carbons (Fsp3) is 0.310. The van der Waals surface area contributed by atoms with Crippen LogP contribution in [0.15, 0.2) is 78.9 Å². The number of nitrogens with zero attached hydrogens (tertiary/aromatic N) is 2. The molecule has 1 heterocycles. The van der Waals surface area contributed by atoms with E-state index in [0.29, 0.717) is 22.1 Å². The standard InChI is InChI=1S/C29H31ClN2O6/c1-18(2)31-19(3)26(21-8-6-5-7-9-21)38-29(35)32(31)28(34)27(25(33)20-10-12-22(30)13-11-20)37-24-16-14-23(36-4)15-17-24/h5-19,25-27,33H,1-4H3/t19-,25+,26-,27-/m0/s1. The number of amides is 2. The maximum absolute atomic E-state index is 14.1. The molecule has 8 nitrogen and oxygen atoms in total. The Bertz CT molecular complexity index is 1240. The number of aliphatic hydroxyl groups is 1. The van der Waals surface area contributed by atoms with Crippen molar-refractivity contribution in [2.24, 2.45) is 0 Å². The first kappa shape index (κ1) is 27.4. The zero-order chi connectivity index (χ0) is 27.4. The summed E-state index contributed by atoms with van der Waals surface area (Å²) in [5, 5.41) is 14.4. The maximum Gasteiger partial charge on any atom is 0.432 e. The van der Waals surface area contributed by atoms with Gasteiger partial charge in [-0.15, -0.1) is 0 Å². The number of aliphatic hydroxyl groups excluding tert-OH is 1. The second-order valence-corrected chi connectivity index (χ2v) is 9.73. The summed E-state index contributed by atoms with van der Waals surface area (Å²) in [6.07, 6.45) is -4.32.